The molecule has 4 nitrogen and oxygen atoms in total. The molecule has 76 valence electrons. The third-order valence-corrected chi connectivity index (χ3v) is 1.86. The van der Waals surface area contributed by atoms with Gasteiger partial charge in [0.05, 0.1) is 0 Å². The van der Waals surface area contributed by atoms with Crippen LogP contribution in [0.2, 0.25) is 0 Å². The molecule has 1 aromatic rings. The second-order valence-electron chi connectivity index (χ2n) is 2.84. The Kier molecular flexibility index (Phi) is 3.79. The molecule has 0 unspecified atom stereocenters. The highest BCUT2D eigenvalue weighted by atomic mass is 16.3. The summed E-state index contributed by atoms with van der Waals surface area (Å²) in [4.78, 5) is 3.98. The molecule has 1 aromatic carbocycles. The number of aliphatic imine (C=N–C) groups is 1. The number of phenols is 1. The van der Waals surface area contributed by atoms with Gasteiger partial charge >= 0.3 is 0 Å². The second kappa shape index (κ2) is 5.11. The Morgan fingerprint density at radius 2 is 2.00 bits per heavy atom. The van der Waals surface area contributed by atoms with Gasteiger partial charge in [0.1, 0.15) is 5.75 Å². The fourth-order valence-corrected chi connectivity index (χ4v) is 1.08. The van der Waals surface area contributed by atoms with Crippen molar-refractivity contribution in [2.24, 2.45) is 4.99 Å². The fourth-order valence-electron chi connectivity index (χ4n) is 1.08. The number of rotatable bonds is 2. The number of hydrogen-bond acceptors (Lipinski definition) is 2. The van der Waals surface area contributed by atoms with Gasteiger partial charge in [-0.3, -0.25) is 4.99 Å². The third kappa shape index (κ3) is 2.97. The number of phenolic OH excluding ortho intramolecular Hbond substituents is 1. The van der Waals surface area contributed by atoms with Gasteiger partial charge in [0.15, 0.2) is 5.96 Å². The molecule has 0 spiro atoms. The molecule has 0 saturated carbocycles. The Hall–Kier alpha value is -1.71. The molecule has 0 aliphatic carbocycles. The number of aromatic hydroxyl groups is 1. The zero-order chi connectivity index (χ0) is 10.4. The highest BCUT2D eigenvalue weighted by Crippen LogP contribution is 2.08. The summed E-state index contributed by atoms with van der Waals surface area (Å²) in [5.74, 6) is 1.03. The van der Waals surface area contributed by atoms with Gasteiger partial charge in [0, 0.05) is 20.6 Å². The zero-order valence-electron chi connectivity index (χ0n) is 8.41. The van der Waals surface area contributed by atoms with Crippen molar-refractivity contribution in [3.8, 4) is 5.75 Å². The van der Waals surface area contributed by atoms with Crippen molar-refractivity contribution < 1.29 is 5.11 Å². The largest absolute Gasteiger partial charge is 0.508 e. The maximum atomic E-state index is 9.07. The summed E-state index contributed by atoms with van der Waals surface area (Å²) in [5, 5.41) is 15.1. The van der Waals surface area contributed by atoms with Crippen molar-refractivity contribution in [3.63, 3.8) is 0 Å². The Morgan fingerprint density at radius 1 is 1.36 bits per heavy atom. The van der Waals surface area contributed by atoms with Gasteiger partial charge < -0.3 is 15.7 Å². The van der Waals surface area contributed by atoms with Crippen molar-refractivity contribution in [2.45, 2.75) is 6.54 Å². The summed E-state index contributed by atoms with van der Waals surface area (Å²) in [6.45, 7) is 0.688. The van der Waals surface area contributed by atoms with E-state index in [0.29, 0.717) is 6.54 Å². The number of guanidine groups is 1. The minimum Gasteiger partial charge on any atom is -0.508 e. The highest BCUT2D eigenvalue weighted by Gasteiger charge is 1.95. The molecule has 0 bridgehead atoms. The fraction of sp³-hybridized carbons (Fsp3) is 0.300. The minimum absolute atomic E-state index is 0.284. The van der Waals surface area contributed by atoms with Gasteiger partial charge in [-0.15, -0.1) is 0 Å². The maximum Gasteiger partial charge on any atom is 0.190 e. The van der Waals surface area contributed by atoms with Crippen LogP contribution in [-0.4, -0.2) is 25.2 Å². The molecule has 0 heterocycles. The van der Waals surface area contributed by atoms with E-state index in [1.54, 1.807) is 19.2 Å². The van der Waals surface area contributed by atoms with Gasteiger partial charge in [-0.25, -0.2) is 0 Å². The van der Waals surface area contributed by atoms with Crippen LogP contribution in [-0.2, 0) is 6.54 Å². The van der Waals surface area contributed by atoms with E-state index in [0.717, 1.165) is 11.5 Å². The summed E-state index contributed by atoms with van der Waals surface area (Å²) in [7, 11) is 3.53. The van der Waals surface area contributed by atoms with Crippen LogP contribution in [0.15, 0.2) is 29.3 Å². The Bertz CT molecular complexity index is 306. The molecular weight excluding hydrogens is 178 g/mol. The van der Waals surface area contributed by atoms with Crippen LogP contribution in [0.4, 0.5) is 0 Å². The topological polar surface area (TPSA) is 56.7 Å². The lowest BCUT2D eigenvalue weighted by atomic mass is 10.2. The molecule has 0 radical (unpaired) electrons. The van der Waals surface area contributed by atoms with Gasteiger partial charge in [-0.05, 0) is 17.7 Å². The minimum atomic E-state index is 0.284. The van der Waals surface area contributed by atoms with E-state index in [9.17, 15) is 0 Å². The normalized spacial score (nSPS) is 11.1. The summed E-state index contributed by atoms with van der Waals surface area (Å²) in [6.07, 6.45) is 0. The summed E-state index contributed by atoms with van der Waals surface area (Å²) >= 11 is 0. The average Bonchev–Trinajstić information content (AvgIpc) is 2.22. The van der Waals surface area contributed by atoms with Crippen LogP contribution < -0.4 is 10.6 Å². The molecule has 0 aliphatic rings. The first-order valence-electron chi connectivity index (χ1n) is 4.42. The first-order chi connectivity index (χ1) is 6.76. The van der Waals surface area contributed by atoms with Crippen molar-refractivity contribution in [1.82, 2.24) is 10.6 Å². The summed E-state index contributed by atoms with van der Waals surface area (Å²) in [5.41, 5.74) is 1.10. The van der Waals surface area contributed by atoms with Crippen molar-refractivity contribution in [3.05, 3.63) is 29.8 Å². The Balaban J connectivity index is 2.49. The smallest absolute Gasteiger partial charge is 0.190 e. The van der Waals surface area contributed by atoms with Crippen LogP contribution in [0, 0.1) is 0 Å². The molecule has 1 rings (SSSR count). The number of benzene rings is 1. The Labute approximate surface area is 83.7 Å². The lowest BCUT2D eigenvalue weighted by molar-refractivity contribution is 0.475. The van der Waals surface area contributed by atoms with Crippen molar-refractivity contribution in [2.75, 3.05) is 14.1 Å². The zero-order valence-corrected chi connectivity index (χ0v) is 8.41. The molecule has 0 aliphatic heterocycles. The SMILES string of the molecule is CN=C(NC)NCc1ccc(O)cc1. The van der Waals surface area contributed by atoms with E-state index in [4.69, 9.17) is 5.11 Å². The van der Waals surface area contributed by atoms with E-state index in [-0.39, 0.29) is 5.75 Å². The molecule has 0 atom stereocenters. The number of nitrogens with zero attached hydrogens (tertiary/aromatic N) is 1. The van der Waals surface area contributed by atoms with E-state index in [1.165, 1.54) is 0 Å². The van der Waals surface area contributed by atoms with Gasteiger partial charge in [-0.1, -0.05) is 12.1 Å². The van der Waals surface area contributed by atoms with E-state index >= 15 is 0 Å². The van der Waals surface area contributed by atoms with E-state index < -0.39 is 0 Å². The van der Waals surface area contributed by atoms with Gasteiger partial charge in [0.2, 0.25) is 0 Å². The third-order valence-electron chi connectivity index (χ3n) is 1.86. The number of nitrogens with one attached hydrogen (secondary N) is 2. The van der Waals surface area contributed by atoms with Gasteiger partial charge in [0.25, 0.3) is 0 Å². The molecule has 14 heavy (non-hydrogen) atoms. The number of hydrogen-bond donors (Lipinski definition) is 3. The highest BCUT2D eigenvalue weighted by molar-refractivity contribution is 5.79. The standard InChI is InChI=1S/C10H15N3O/c1-11-10(12-2)13-7-8-3-5-9(14)6-4-8/h3-6,14H,7H2,1-2H3,(H2,11,12,13). The molecular formula is C10H15N3O. The summed E-state index contributed by atoms with van der Waals surface area (Å²) < 4.78 is 0. The predicted molar refractivity (Wildman–Crippen MR) is 57.4 cm³/mol. The van der Waals surface area contributed by atoms with Crippen molar-refractivity contribution >= 4 is 5.96 Å². The quantitative estimate of drug-likeness (QED) is 0.478. The van der Waals surface area contributed by atoms with Gasteiger partial charge in [-0.2, -0.15) is 0 Å². The first-order valence-corrected chi connectivity index (χ1v) is 4.42. The van der Waals surface area contributed by atoms with Crippen LogP contribution >= 0.6 is 0 Å². The molecule has 0 amide bonds. The predicted octanol–water partition coefficient (Wildman–Crippen LogP) is 0.687. The first kappa shape index (κ1) is 10.4. The Morgan fingerprint density at radius 3 is 2.50 bits per heavy atom. The van der Waals surface area contributed by atoms with E-state index in [1.807, 2.05) is 19.2 Å². The molecule has 0 fully saturated rings. The summed E-state index contributed by atoms with van der Waals surface area (Å²) in [6, 6.07) is 7.06. The second-order valence-corrected chi connectivity index (χ2v) is 2.84. The van der Waals surface area contributed by atoms with Crippen LogP contribution in [0.25, 0.3) is 0 Å². The van der Waals surface area contributed by atoms with E-state index in [2.05, 4.69) is 15.6 Å². The van der Waals surface area contributed by atoms with Crippen molar-refractivity contribution in [1.29, 1.82) is 0 Å². The molecule has 0 aromatic heterocycles. The molecule has 4 heteroatoms. The average molecular weight is 193 g/mol. The van der Waals surface area contributed by atoms with Crippen LogP contribution in [0.5, 0.6) is 5.75 Å². The molecule has 3 N–H and O–H groups in total. The lowest BCUT2D eigenvalue weighted by Gasteiger charge is -2.08. The monoisotopic (exact) mass is 193 g/mol. The van der Waals surface area contributed by atoms with Crippen LogP contribution in [0.1, 0.15) is 5.56 Å². The lowest BCUT2D eigenvalue weighted by Crippen LogP contribution is -2.33. The molecule has 0 saturated heterocycles. The van der Waals surface area contributed by atoms with Crippen LogP contribution in [0.3, 0.4) is 0 Å². The maximum absolute atomic E-state index is 9.07.